The maximum absolute atomic E-state index is 13.0. The van der Waals surface area contributed by atoms with Crippen molar-refractivity contribution in [2.75, 3.05) is 40.9 Å². The monoisotopic (exact) mass is 1090 g/mol. The van der Waals surface area contributed by atoms with E-state index in [0.717, 1.165) is 128 Å². The summed E-state index contributed by atoms with van der Waals surface area (Å²) in [5.74, 6) is -0.222. The van der Waals surface area contributed by atoms with E-state index in [1.807, 2.05) is 27.2 Å². The fraction of sp³-hybridized carbons (Fsp3) is 0.632. The van der Waals surface area contributed by atoms with Crippen molar-refractivity contribution in [3.63, 3.8) is 0 Å². The molecule has 0 radical (unpaired) electrons. The average molecular weight is 1090 g/mol. The number of amides is 1. The first kappa shape index (κ1) is 73.4. The van der Waals surface area contributed by atoms with Gasteiger partial charge in [0.05, 0.1) is 39.9 Å². The molecule has 3 atom stereocenters. The number of quaternary nitrogens is 1. The Morgan fingerprint density at radius 1 is 0.468 bits per heavy atom. The molecule has 3 unspecified atom stereocenters. The summed E-state index contributed by atoms with van der Waals surface area (Å²) in [5, 5.41) is 13.9. The predicted octanol–water partition coefficient (Wildman–Crippen LogP) is 18.6. The number of carbonyl (C=O) groups excluding carboxylic acids is 1. The first-order valence-corrected chi connectivity index (χ1v) is 32.2. The second-order valence-electron chi connectivity index (χ2n) is 21.3. The summed E-state index contributed by atoms with van der Waals surface area (Å²) >= 11 is 0. The lowest BCUT2D eigenvalue weighted by Gasteiger charge is -2.29. The molecule has 0 aliphatic carbocycles. The van der Waals surface area contributed by atoms with Gasteiger partial charge in [0.15, 0.2) is 0 Å². The maximum atomic E-state index is 13.0. The van der Waals surface area contributed by atoms with Gasteiger partial charge in [0.1, 0.15) is 13.2 Å². The summed E-state index contributed by atoms with van der Waals surface area (Å²) in [5.41, 5.74) is 0. The lowest BCUT2D eigenvalue weighted by atomic mass is 10.0. The number of likely N-dealkylation sites (N-methyl/N-ethyl adjacent to an activating group) is 1. The summed E-state index contributed by atoms with van der Waals surface area (Å²) in [7, 11) is 1.23. The van der Waals surface area contributed by atoms with Crippen LogP contribution >= 0.6 is 7.82 Å². The summed E-state index contributed by atoms with van der Waals surface area (Å²) in [6.45, 7) is 4.51. The van der Waals surface area contributed by atoms with Crippen LogP contribution in [0.3, 0.4) is 0 Å². The Balaban J connectivity index is 4.22. The van der Waals surface area contributed by atoms with Gasteiger partial charge in [-0.15, -0.1) is 0 Å². The van der Waals surface area contributed by atoms with E-state index in [2.05, 4.69) is 153 Å². The number of rotatable bonds is 54. The van der Waals surface area contributed by atoms with Crippen LogP contribution in [0.1, 0.15) is 226 Å². The topological polar surface area (TPSA) is 108 Å². The molecule has 77 heavy (non-hydrogen) atoms. The number of phosphoric acid groups is 1. The molecule has 0 fully saturated rings. The van der Waals surface area contributed by atoms with Gasteiger partial charge in [0.25, 0.3) is 7.82 Å². The van der Waals surface area contributed by atoms with Gasteiger partial charge >= 0.3 is 0 Å². The molecular weight excluding hydrogens is 972 g/mol. The predicted molar refractivity (Wildman–Crippen MR) is 334 cm³/mol. The van der Waals surface area contributed by atoms with Gasteiger partial charge in [0.2, 0.25) is 5.91 Å². The van der Waals surface area contributed by atoms with Crippen molar-refractivity contribution < 1.29 is 32.9 Å². The van der Waals surface area contributed by atoms with E-state index in [4.69, 9.17) is 9.05 Å². The number of aliphatic hydroxyl groups is 1. The van der Waals surface area contributed by atoms with Gasteiger partial charge < -0.3 is 28.8 Å². The van der Waals surface area contributed by atoms with Crippen molar-refractivity contribution in [3.8, 4) is 0 Å². The largest absolute Gasteiger partial charge is 0.756 e. The molecule has 438 valence electrons. The van der Waals surface area contributed by atoms with Gasteiger partial charge in [-0.25, -0.2) is 0 Å². The average Bonchev–Trinajstić information content (AvgIpc) is 3.39. The van der Waals surface area contributed by atoms with E-state index in [1.165, 1.54) is 77.0 Å². The van der Waals surface area contributed by atoms with Crippen LogP contribution in [-0.2, 0) is 18.4 Å². The molecule has 0 spiro atoms. The van der Waals surface area contributed by atoms with Crippen LogP contribution in [0.15, 0.2) is 146 Å². The minimum Gasteiger partial charge on any atom is -0.756 e. The van der Waals surface area contributed by atoms with Crippen molar-refractivity contribution in [2.24, 2.45) is 0 Å². The molecule has 0 saturated heterocycles. The van der Waals surface area contributed by atoms with E-state index < -0.39 is 26.6 Å². The molecule has 0 aromatic heterocycles. The zero-order chi connectivity index (χ0) is 56.3. The molecule has 0 aliphatic heterocycles. The van der Waals surface area contributed by atoms with Crippen LogP contribution in [-0.4, -0.2) is 68.5 Å². The Labute approximate surface area is 474 Å². The highest BCUT2D eigenvalue weighted by molar-refractivity contribution is 7.45. The maximum Gasteiger partial charge on any atom is 0.268 e. The van der Waals surface area contributed by atoms with E-state index in [1.54, 1.807) is 6.08 Å². The zero-order valence-electron chi connectivity index (χ0n) is 49.8. The lowest BCUT2D eigenvalue weighted by molar-refractivity contribution is -0.870. The summed E-state index contributed by atoms with van der Waals surface area (Å²) in [4.78, 5) is 25.5. The van der Waals surface area contributed by atoms with Gasteiger partial charge in [0, 0.05) is 6.42 Å². The highest BCUT2D eigenvalue weighted by atomic mass is 31.2. The number of hydrogen-bond donors (Lipinski definition) is 2. The van der Waals surface area contributed by atoms with Crippen molar-refractivity contribution in [3.05, 3.63) is 146 Å². The van der Waals surface area contributed by atoms with Crippen LogP contribution < -0.4 is 10.2 Å². The molecule has 0 aromatic carbocycles. The third-order valence-electron chi connectivity index (χ3n) is 12.8. The van der Waals surface area contributed by atoms with E-state index in [0.29, 0.717) is 17.4 Å². The van der Waals surface area contributed by atoms with Crippen molar-refractivity contribution in [2.45, 2.75) is 238 Å². The molecule has 0 bridgehead atoms. The smallest absolute Gasteiger partial charge is 0.268 e. The molecule has 0 aliphatic rings. The molecule has 2 N–H and O–H groups in total. The second-order valence-corrected chi connectivity index (χ2v) is 22.7. The van der Waals surface area contributed by atoms with Gasteiger partial charge in [-0.2, -0.15) is 0 Å². The first-order chi connectivity index (χ1) is 37.5. The van der Waals surface area contributed by atoms with Gasteiger partial charge in [-0.1, -0.05) is 262 Å². The molecule has 0 rings (SSSR count). The van der Waals surface area contributed by atoms with E-state index >= 15 is 0 Å². The Kier molecular flexibility index (Phi) is 54.4. The van der Waals surface area contributed by atoms with Gasteiger partial charge in [-0.05, 0) is 103 Å². The first-order valence-electron chi connectivity index (χ1n) is 30.7. The minimum absolute atomic E-state index is 0.0125. The number of hydrogen-bond acceptors (Lipinski definition) is 6. The standard InChI is InChI=1S/C68H115N2O6P/c1-6-8-10-12-14-16-18-20-22-24-25-26-27-28-29-30-31-32-33-34-35-36-37-38-39-40-41-42-43-44-45-46-48-50-52-54-56-58-60-62-68(72)69-66(65-76-77(73,74)75-64-63-70(3,4)5)67(71)61-59-57-55-53-51-49-47-23-21-19-17-15-13-11-9-7-2/h8,10,14,16,20,22,25-26,28-29,31-32,34-35,37-38,40-41,43-44,46,48,59,61,66-67,71H,6-7,9,11-13,15,17-19,21,23-24,27,30,33,36,39,42,45,47,49-58,60,62-65H2,1-5H3,(H-,69,72,73,74)/b10-8-,16-14-,22-20-,26-25-,29-28-,32-31-,35-34-,38-37-,41-40-,44-43-,48-46-,61-59+. The Hall–Kier alpha value is -3.62. The Morgan fingerprint density at radius 3 is 1.16 bits per heavy atom. The van der Waals surface area contributed by atoms with Crippen LogP contribution in [0, 0.1) is 0 Å². The highest BCUT2D eigenvalue weighted by Crippen LogP contribution is 2.38. The molecule has 0 heterocycles. The van der Waals surface area contributed by atoms with Crippen molar-refractivity contribution in [1.82, 2.24) is 5.32 Å². The third-order valence-corrected chi connectivity index (χ3v) is 13.8. The van der Waals surface area contributed by atoms with Gasteiger partial charge in [-0.3, -0.25) is 9.36 Å². The fourth-order valence-corrected chi connectivity index (χ4v) is 8.76. The molecular formula is C68H115N2O6P. The third kappa shape index (κ3) is 59.9. The van der Waals surface area contributed by atoms with Crippen LogP contribution in [0.2, 0.25) is 0 Å². The minimum atomic E-state index is -4.61. The number of allylic oxidation sites excluding steroid dienone is 23. The van der Waals surface area contributed by atoms with E-state index in [-0.39, 0.29) is 12.5 Å². The normalized spacial score (nSPS) is 14.8. The number of aliphatic hydroxyl groups excluding tert-OH is 1. The quantitative estimate of drug-likeness (QED) is 0.0272. The summed E-state index contributed by atoms with van der Waals surface area (Å²) in [6.07, 6.45) is 87.8. The summed E-state index contributed by atoms with van der Waals surface area (Å²) < 4.78 is 23.3. The van der Waals surface area contributed by atoms with Crippen LogP contribution in [0.4, 0.5) is 0 Å². The number of nitrogens with zero attached hydrogens (tertiary/aromatic N) is 1. The fourth-order valence-electron chi connectivity index (χ4n) is 8.04. The second kappa shape index (κ2) is 57.1. The van der Waals surface area contributed by atoms with E-state index in [9.17, 15) is 19.4 Å². The zero-order valence-corrected chi connectivity index (χ0v) is 50.7. The molecule has 1 amide bonds. The lowest BCUT2D eigenvalue weighted by Crippen LogP contribution is -2.45. The molecule has 9 heteroatoms. The summed E-state index contributed by atoms with van der Waals surface area (Å²) in [6, 6.07) is -0.908. The molecule has 0 aromatic rings. The van der Waals surface area contributed by atoms with Crippen molar-refractivity contribution in [1.29, 1.82) is 0 Å². The van der Waals surface area contributed by atoms with Crippen LogP contribution in [0.25, 0.3) is 0 Å². The Morgan fingerprint density at radius 2 is 0.792 bits per heavy atom. The molecule has 0 saturated carbocycles. The Bertz CT molecular complexity index is 1760. The van der Waals surface area contributed by atoms with Crippen molar-refractivity contribution >= 4 is 13.7 Å². The van der Waals surface area contributed by atoms with Crippen LogP contribution in [0.5, 0.6) is 0 Å². The highest BCUT2D eigenvalue weighted by Gasteiger charge is 2.23. The number of unbranched alkanes of at least 4 members (excludes halogenated alkanes) is 19. The molecule has 8 nitrogen and oxygen atoms in total. The number of phosphoric ester groups is 1. The SMILES string of the molecule is CC/C=C\C/C=C\C/C=C\C/C=C\C/C=C\C/C=C\C/C=C\C/C=C\C/C=C\C/C=C\C/C=C\CCCCCCCC(=O)NC(COP(=O)([O-])OCC[N+](C)(C)C)C(O)/C=C/CCCCCCCCCCCCCCCC. The number of nitrogens with one attached hydrogen (secondary N) is 1. The number of carbonyl (C=O) groups is 1.